The lowest BCUT2D eigenvalue weighted by molar-refractivity contribution is -0.152. The summed E-state index contributed by atoms with van der Waals surface area (Å²) >= 11 is 0. The van der Waals surface area contributed by atoms with E-state index in [1.54, 1.807) is 0 Å². The van der Waals surface area contributed by atoms with Crippen molar-refractivity contribution in [1.82, 2.24) is 10.2 Å². The van der Waals surface area contributed by atoms with Crippen LogP contribution in [-0.4, -0.2) is 61.9 Å². The summed E-state index contributed by atoms with van der Waals surface area (Å²) in [4.78, 5) is 14.5. The lowest BCUT2D eigenvalue weighted by atomic mass is 9.98. The zero-order chi connectivity index (χ0) is 15.2. The van der Waals surface area contributed by atoms with E-state index in [1.807, 2.05) is 27.7 Å². The molecule has 5 nitrogen and oxygen atoms in total. The van der Waals surface area contributed by atoms with Crippen LogP contribution in [0.1, 0.15) is 40.5 Å². The third-order valence-corrected chi connectivity index (χ3v) is 3.71. The van der Waals surface area contributed by atoms with Crippen molar-refractivity contribution in [1.29, 1.82) is 0 Å². The second kappa shape index (κ2) is 7.96. The molecule has 0 saturated carbocycles. The Labute approximate surface area is 123 Å². The predicted octanol–water partition coefficient (Wildman–Crippen LogP) is 1.42. The Kier molecular flexibility index (Phi) is 6.92. The van der Waals surface area contributed by atoms with Crippen molar-refractivity contribution in [3.63, 3.8) is 0 Å². The van der Waals surface area contributed by atoms with Gasteiger partial charge in [-0.2, -0.15) is 0 Å². The number of hydrogen-bond acceptors (Lipinski definition) is 5. The third kappa shape index (κ3) is 5.04. The van der Waals surface area contributed by atoms with E-state index >= 15 is 0 Å². The van der Waals surface area contributed by atoms with Crippen molar-refractivity contribution in [3.05, 3.63) is 0 Å². The minimum Gasteiger partial charge on any atom is -0.465 e. The van der Waals surface area contributed by atoms with Gasteiger partial charge in [-0.25, -0.2) is 0 Å². The van der Waals surface area contributed by atoms with Crippen molar-refractivity contribution < 1.29 is 14.3 Å². The van der Waals surface area contributed by atoms with Gasteiger partial charge in [0.2, 0.25) is 0 Å². The molecule has 0 radical (unpaired) electrons. The molecule has 1 aliphatic heterocycles. The Morgan fingerprint density at radius 1 is 1.45 bits per heavy atom. The van der Waals surface area contributed by atoms with Crippen molar-refractivity contribution in [2.45, 2.75) is 58.2 Å². The molecule has 5 heteroatoms. The standard InChI is InChI=1S/C15H30N2O3/c1-6-20-14(18)15(4,16-12(2)3)11-17(5)13-7-9-19-10-8-13/h12-13,16H,6-11H2,1-5H3. The number of nitrogens with zero attached hydrogens (tertiary/aromatic N) is 1. The first-order valence-electron chi connectivity index (χ1n) is 7.62. The molecule has 1 rings (SSSR count). The van der Waals surface area contributed by atoms with Crippen LogP contribution in [0.25, 0.3) is 0 Å². The van der Waals surface area contributed by atoms with E-state index in [1.165, 1.54) is 0 Å². The molecule has 1 heterocycles. The summed E-state index contributed by atoms with van der Waals surface area (Å²) in [5, 5.41) is 3.36. The summed E-state index contributed by atoms with van der Waals surface area (Å²) in [5.41, 5.74) is -0.669. The fourth-order valence-electron chi connectivity index (χ4n) is 2.85. The van der Waals surface area contributed by atoms with Gasteiger partial charge in [0.25, 0.3) is 0 Å². The van der Waals surface area contributed by atoms with Gasteiger partial charge >= 0.3 is 5.97 Å². The van der Waals surface area contributed by atoms with E-state index in [4.69, 9.17) is 9.47 Å². The molecular weight excluding hydrogens is 256 g/mol. The molecule has 1 saturated heterocycles. The van der Waals surface area contributed by atoms with Crippen LogP contribution >= 0.6 is 0 Å². The highest BCUT2D eigenvalue weighted by Gasteiger charge is 2.37. The first kappa shape index (κ1) is 17.4. The SMILES string of the molecule is CCOC(=O)C(C)(CN(C)C1CCOCC1)NC(C)C. The molecule has 0 aromatic carbocycles. The van der Waals surface area contributed by atoms with E-state index in [2.05, 4.69) is 17.3 Å². The van der Waals surface area contributed by atoms with Crippen LogP contribution in [0.2, 0.25) is 0 Å². The Balaban J connectivity index is 2.69. The Morgan fingerprint density at radius 3 is 2.55 bits per heavy atom. The van der Waals surface area contributed by atoms with Gasteiger partial charge in [0.15, 0.2) is 0 Å². The molecule has 1 atom stereocenters. The summed E-state index contributed by atoms with van der Waals surface area (Å²) in [5.74, 6) is -0.174. The molecule has 1 unspecified atom stereocenters. The van der Waals surface area contributed by atoms with Gasteiger partial charge in [0.1, 0.15) is 5.54 Å². The zero-order valence-corrected chi connectivity index (χ0v) is 13.6. The topological polar surface area (TPSA) is 50.8 Å². The number of esters is 1. The van der Waals surface area contributed by atoms with E-state index in [0.717, 1.165) is 26.1 Å². The molecule has 118 valence electrons. The fourth-order valence-corrected chi connectivity index (χ4v) is 2.85. The van der Waals surface area contributed by atoms with Crippen LogP contribution in [0.4, 0.5) is 0 Å². The maximum absolute atomic E-state index is 12.3. The average Bonchev–Trinajstić information content (AvgIpc) is 2.39. The summed E-state index contributed by atoms with van der Waals surface area (Å²) in [6, 6.07) is 0.707. The largest absolute Gasteiger partial charge is 0.465 e. The number of ether oxygens (including phenoxy) is 2. The van der Waals surface area contributed by atoms with Gasteiger partial charge < -0.3 is 14.4 Å². The van der Waals surface area contributed by atoms with Crippen molar-refractivity contribution >= 4 is 5.97 Å². The van der Waals surface area contributed by atoms with Crippen molar-refractivity contribution in [2.24, 2.45) is 0 Å². The molecule has 1 aliphatic rings. The van der Waals surface area contributed by atoms with E-state index in [9.17, 15) is 4.79 Å². The zero-order valence-electron chi connectivity index (χ0n) is 13.6. The molecule has 0 aromatic heterocycles. The van der Waals surface area contributed by atoms with Crippen molar-refractivity contribution in [3.8, 4) is 0 Å². The first-order valence-corrected chi connectivity index (χ1v) is 7.62. The fraction of sp³-hybridized carbons (Fsp3) is 0.933. The molecule has 0 aliphatic carbocycles. The smallest absolute Gasteiger partial charge is 0.327 e. The predicted molar refractivity (Wildman–Crippen MR) is 79.8 cm³/mol. The van der Waals surface area contributed by atoms with E-state index < -0.39 is 5.54 Å². The monoisotopic (exact) mass is 286 g/mol. The molecule has 1 N–H and O–H groups in total. The highest BCUT2D eigenvalue weighted by atomic mass is 16.5. The summed E-state index contributed by atoms with van der Waals surface area (Å²) in [6.07, 6.45) is 2.05. The molecule has 0 bridgehead atoms. The lowest BCUT2D eigenvalue weighted by Gasteiger charge is -2.38. The maximum Gasteiger partial charge on any atom is 0.327 e. The highest BCUT2D eigenvalue weighted by Crippen LogP contribution is 2.17. The molecule has 0 amide bonds. The normalized spacial score (nSPS) is 20.1. The number of carbonyl (C=O) groups is 1. The van der Waals surface area contributed by atoms with Gasteiger partial charge in [-0.1, -0.05) is 0 Å². The number of likely N-dealkylation sites (N-methyl/N-ethyl adjacent to an activating group) is 1. The van der Waals surface area contributed by atoms with Gasteiger partial charge in [0, 0.05) is 31.8 Å². The number of hydrogen-bond donors (Lipinski definition) is 1. The molecule has 0 spiro atoms. The Hall–Kier alpha value is -0.650. The highest BCUT2D eigenvalue weighted by molar-refractivity contribution is 5.80. The van der Waals surface area contributed by atoms with E-state index in [0.29, 0.717) is 19.2 Å². The van der Waals surface area contributed by atoms with E-state index in [-0.39, 0.29) is 12.0 Å². The average molecular weight is 286 g/mol. The third-order valence-electron chi connectivity index (χ3n) is 3.71. The molecule has 1 fully saturated rings. The van der Waals surface area contributed by atoms with Gasteiger partial charge in [-0.15, -0.1) is 0 Å². The Morgan fingerprint density at radius 2 is 2.05 bits per heavy atom. The quantitative estimate of drug-likeness (QED) is 0.717. The van der Waals surface area contributed by atoms with Crippen LogP contribution in [-0.2, 0) is 14.3 Å². The number of nitrogens with one attached hydrogen (secondary N) is 1. The molecule has 0 aromatic rings. The van der Waals surface area contributed by atoms with Crippen molar-refractivity contribution in [2.75, 3.05) is 33.4 Å². The number of carbonyl (C=O) groups excluding carboxylic acids is 1. The number of rotatable bonds is 7. The van der Waals surface area contributed by atoms with Gasteiger partial charge in [0.05, 0.1) is 6.61 Å². The molecule has 20 heavy (non-hydrogen) atoms. The second-order valence-corrected chi connectivity index (χ2v) is 6.11. The summed E-state index contributed by atoms with van der Waals surface area (Å²) in [7, 11) is 2.08. The summed E-state index contributed by atoms with van der Waals surface area (Å²) in [6.45, 7) is 10.5. The van der Waals surface area contributed by atoms with Crippen LogP contribution in [0.3, 0.4) is 0 Å². The van der Waals surface area contributed by atoms with Gasteiger partial charge in [-0.3, -0.25) is 10.1 Å². The molecular formula is C15H30N2O3. The van der Waals surface area contributed by atoms with Crippen LogP contribution in [0.15, 0.2) is 0 Å². The summed E-state index contributed by atoms with van der Waals surface area (Å²) < 4.78 is 10.6. The Bertz CT molecular complexity index is 303. The van der Waals surface area contributed by atoms with Crippen LogP contribution in [0.5, 0.6) is 0 Å². The first-order chi connectivity index (χ1) is 9.39. The second-order valence-electron chi connectivity index (χ2n) is 6.11. The lowest BCUT2D eigenvalue weighted by Crippen LogP contribution is -2.60. The minimum atomic E-state index is -0.669. The van der Waals surface area contributed by atoms with Crippen LogP contribution in [0, 0.1) is 0 Å². The maximum atomic E-state index is 12.3. The van der Waals surface area contributed by atoms with Gasteiger partial charge in [-0.05, 0) is 47.6 Å². The van der Waals surface area contributed by atoms with Crippen LogP contribution < -0.4 is 5.32 Å². The minimum absolute atomic E-state index is 0.174.